The highest BCUT2D eigenvalue weighted by molar-refractivity contribution is 5.64. The van der Waals surface area contributed by atoms with E-state index in [0.717, 1.165) is 0 Å². The fourth-order valence-electron chi connectivity index (χ4n) is 3.78. The van der Waals surface area contributed by atoms with Gasteiger partial charge in [0.2, 0.25) is 0 Å². The molecule has 0 nitrogen and oxygen atoms in total. The Hall–Kier alpha value is -4.68. The molecule has 0 fully saturated rings. The van der Waals surface area contributed by atoms with Crippen LogP contribution in [0, 0.1) is 0 Å². The maximum absolute atomic E-state index is 2.12. The lowest BCUT2D eigenvalue weighted by atomic mass is 10.1. The largest absolute Gasteiger partial charge is 0.0683 e. The zero-order valence-electron chi connectivity index (χ0n) is 28.3. The average molecular weight is 583 g/mol. The van der Waals surface area contributed by atoms with Crippen molar-refractivity contribution in [3.63, 3.8) is 0 Å². The summed E-state index contributed by atoms with van der Waals surface area (Å²) in [4.78, 5) is 0. The van der Waals surface area contributed by atoms with Crippen molar-refractivity contribution in [2.45, 2.75) is 55.4 Å². The van der Waals surface area contributed by atoms with Crippen LogP contribution in [0.5, 0.6) is 0 Å². The Kier molecular flexibility index (Phi) is 25.4. The zero-order valence-corrected chi connectivity index (χ0v) is 28.3. The highest BCUT2D eigenvalue weighted by Crippen LogP contribution is 2.19. The van der Waals surface area contributed by atoms with Crippen molar-refractivity contribution in [2.75, 3.05) is 0 Å². The molecule has 0 aliphatic heterocycles. The van der Waals surface area contributed by atoms with Gasteiger partial charge in [0.05, 0.1) is 0 Å². The predicted octanol–water partition coefficient (Wildman–Crippen LogP) is 14.2. The molecule has 6 aromatic rings. The molecule has 0 heteroatoms. The third-order valence-corrected chi connectivity index (χ3v) is 5.64. The molecule has 0 N–H and O–H groups in total. The van der Waals surface area contributed by atoms with E-state index in [0.29, 0.717) is 0 Å². The molecule has 44 heavy (non-hydrogen) atoms. The van der Waals surface area contributed by atoms with E-state index >= 15 is 0 Å². The minimum Gasteiger partial charge on any atom is -0.0683 e. The van der Waals surface area contributed by atoms with Gasteiger partial charge in [-0.05, 0) is 33.4 Å². The van der Waals surface area contributed by atoms with Crippen LogP contribution in [0.2, 0.25) is 0 Å². The smallest absolute Gasteiger partial charge is 0.0184 e. The summed E-state index contributed by atoms with van der Waals surface area (Å²) in [6, 6.07) is 62.3. The van der Waals surface area contributed by atoms with Gasteiger partial charge in [-0.1, -0.05) is 237 Å². The average Bonchev–Trinajstić information content (AvgIpc) is 3.17. The zero-order chi connectivity index (χ0) is 32.7. The summed E-state index contributed by atoms with van der Waals surface area (Å²) < 4.78 is 0. The number of hydrogen-bond acceptors (Lipinski definition) is 0. The fourth-order valence-corrected chi connectivity index (χ4v) is 3.78. The molecule has 0 amide bonds. The first-order valence-electron chi connectivity index (χ1n) is 16.2. The minimum atomic E-state index is 1.28. The normalized spacial score (nSPS) is 8.45. The lowest BCUT2D eigenvalue weighted by Crippen LogP contribution is -1.73. The summed E-state index contributed by atoms with van der Waals surface area (Å²) in [5.41, 5.74) is 7.66. The topological polar surface area (TPSA) is 0 Å². The molecule has 0 atom stereocenters. The molecule has 6 rings (SSSR count). The lowest BCUT2D eigenvalue weighted by molar-refractivity contribution is 1.50. The van der Waals surface area contributed by atoms with E-state index in [1.807, 2.05) is 91.8 Å². The van der Waals surface area contributed by atoms with Crippen molar-refractivity contribution in [2.24, 2.45) is 0 Å². The molecule has 0 spiro atoms. The Bertz CT molecular complexity index is 1070. The Labute approximate surface area is 270 Å². The molecule has 230 valence electrons. The van der Waals surface area contributed by atoms with E-state index in [-0.39, 0.29) is 0 Å². The summed E-state index contributed by atoms with van der Waals surface area (Å²) in [5.74, 6) is 0. The van der Waals surface area contributed by atoms with Crippen LogP contribution in [0.25, 0.3) is 33.4 Å². The van der Waals surface area contributed by atoms with Gasteiger partial charge in [0.25, 0.3) is 0 Å². The molecule has 0 heterocycles. The van der Waals surface area contributed by atoms with E-state index < -0.39 is 0 Å². The molecule has 0 saturated heterocycles. The van der Waals surface area contributed by atoms with Crippen LogP contribution in [0.1, 0.15) is 55.4 Å². The Morgan fingerprint density at radius 3 is 0.341 bits per heavy atom. The Morgan fingerprint density at radius 2 is 0.250 bits per heavy atom. The second-order valence-electron chi connectivity index (χ2n) is 8.20. The van der Waals surface area contributed by atoms with Crippen LogP contribution in [0.3, 0.4) is 0 Å². The maximum atomic E-state index is 2.12. The second kappa shape index (κ2) is 28.4. The molecular formula is C44H54. The van der Waals surface area contributed by atoms with Gasteiger partial charge < -0.3 is 0 Å². The van der Waals surface area contributed by atoms with Crippen molar-refractivity contribution >= 4 is 0 Å². The first kappa shape index (κ1) is 39.3. The third kappa shape index (κ3) is 16.1. The third-order valence-electron chi connectivity index (χ3n) is 5.64. The van der Waals surface area contributed by atoms with Crippen LogP contribution >= 0.6 is 0 Å². The quantitative estimate of drug-likeness (QED) is 0.195. The monoisotopic (exact) mass is 582 g/mol. The highest BCUT2D eigenvalue weighted by atomic mass is 14.0. The van der Waals surface area contributed by atoms with E-state index in [4.69, 9.17) is 0 Å². The summed E-state index contributed by atoms with van der Waals surface area (Å²) in [7, 11) is 0. The number of hydrogen-bond donors (Lipinski definition) is 0. The minimum absolute atomic E-state index is 1.28. The van der Waals surface area contributed by atoms with Gasteiger partial charge in [-0.3, -0.25) is 0 Å². The van der Waals surface area contributed by atoms with Crippen LogP contribution < -0.4 is 0 Å². The number of rotatable bonds is 3. The van der Waals surface area contributed by atoms with E-state index in [2.05, 4.69) is 146 Å². The Balaban J connectivity index is 0.000000565. The SMILES string of the molecule is CC.CC.CC.CC.c1ccc(-c2ccccc2)cc1.c1ccc(-c2ccccc2)cc1.c1ccc(-c2ccccc2)cc1. The summed E-state index contributed by atoms with van der Waals surface area (Å²) in [5, 5.41) is 0. The van der Waals surface area contributed by atoms with Gasteiger partial charge in [0, 0.05) is 0 Å². The molecule has 6 aromatic carbocycles. The summed E-state index contributed by atoms with van der Waals surface area (Å²) >= 11 is 0. The summed E-state index contributed by atoms with van der Waals surface area (Å²) in [6.45, 7) is 16.0. The van der Waals surface area contributed by atoms with Crippen molar-refractivity contribution < 1.29 is 0 Å². The fraction of sp³-hybridized carbons (Fsp3) is 0.182. The van der Waals surface area contributed by atoms with Gasteiger partial charge in [0.15, 0.2) is 0 Å². The first-order chi connectivity index (χ1) is 21.9. The van der Waals surface area contributed by atoms with Crippen LogP contribution in [0.4, 0.5) is 0 Å². The van der Waals surface area contributed by atoms with Gasteiger partial charge in [0.1, 0.15) is 0 Å². The van der Waals surface area contributed by atoms with Crippen LogP contribution in [-0.4, -0.2) is 0 Å². The highest BCUT2D eigenvalue weighted by Gasteiger charge is 1.93. The van der Waals surface area contributed by atoms with Gasteiger partial charge >= 0.3 is 0 Å². The van der Waals surface area contributed by atoms with Crippen molar-refractivity contribution in [1.82, 2.24) is 0 Å². The molecule has 0 aliphatic carbocycles. The molecule has 0 saturated carbocycles. The molecular weight excluding hydrogens is 528 g/mol. The van der Waals surface area contributed by atoms with Crippen molar-refractivity contribution in [3.05, 3.63) is 182 Å². The second-order valence-corrected chi connectivity index (χ2v) is 8.20. The summed E-state index contributed by atoms with van der Waals surface area (Å²) in [6.07, 6.45) is 0. The van der Waals surface area contributed by atoms with Gasteiger partial charge in [-0.15, -0.1) is 0 Å². The van der Waals surface area contributed by atoms with Crippen LogP contribution in [0.15, 0.2) is 182 Å². The van der Waals surface area contributed by atoms with Crippen molar-refractivity contribution in [1.29, 1.82) is 0 Å². The standard InChI is InChI=1S/3C12H10.4C2H6/c3*1-3-7-11(8-4-1)12-9-5-2-6-10-12;4*1-2/h3*1-10H;4*1-2H3. The lowest BCUT2D eigenvalue weighted by Gasteiger charge is -1.98. The van der Waals surface area contributed by atoms with E-state index in [9.17, 15) is 0 Å². The molecule has 0 aromatic heterocycles. The van der Waals surface area contributed by atoms with E-state index in [1.165, 1.54) is 33.4 Å². The predicted molar refractivity (Wildman–Crippen MR) is 201 cm³/mol. The Morgan fingerprint density at radius 1 is 0.159 bits per heavy atom. The van der Waals surface area contributed by atoms with Crippen molar-refractivity contribution in [3.8, 4) is 33.4 Å². The molecule has 0 bridgehead atoms. The molecule has 0 aliphatic rings. The maximum Gasteiger partial charge on any atom is -0.0184 e. The van der Waals surface area contributed by atoms with Crippen LogP contribution in [-0.2, 0) is 0 Å². The van der Waals surface area contributed by atoms with Gasteiger partial charge in [-0.2, -0.15) is 0 Å². The van der Waals surface area contributed by atoms with Gasteiger partial charge in [-0.25, -0.2) is 0 Å². The van der Waals surface area contributed by atoms with E-state index in [1.54, 1.807) is 0 Å². The number of benzene rings is 6. The first-order valence-corrected chi connectivity index (χ1v) is 16.2. The molecule has 0 radical (unpaired) electrons. The molecule has 0 unspecified atom stereocenters.